The molecule has 3 aliphatic carbocycles. The Morgan fingerprint density at radius 2 is 1.64 bits per heavy atom. The van der Waals surface area contributed by atoms with Crippen LogP contribution < -0.4 is 0 Å². The van der Waals surface area contributed by atoms with Crippen molar-refractivity contribution < 1.29 is 53.4 Å². The highest BCUT2D eigenvalue weighted by atomic mass is 16.6. The first-order valence-electron chi connectivity index (χ1n) is 14.4. The summed E-state index contributed by atoms with van der Waals surface area (Å²) in [6.45, 7) is 8.79. The van der Waals surface area contributed by atoms with Gasteiger partial charge in [-0.15, -0.1) is 0 Å². The summed E-state index contributed by atoms with van der Waals surface area (Å²) in [7, 11) is 0. The molecule has 11 heteroatoms. The number of carbonyl (C=O) groups is 4. The summed E-state index contributed by atoms with van der Waals surface area (Å²) in [4.78, 5) is 52.2. The van der Waals surface area contributed by atoms with Crippen molar-refractivity contribution >= 4 is 23.7 Å². The van der Waals surface area contributed by atoms with E-state index >= 15 is 0 Å². The number of carbonyl (C=O) groups excluding carboxylic acids is 4. The maximum absolute atomic E-state index is 13.7. The van der Waals surface area contributed by atoms with Crippen molar-refractivity contribution in [2.75, 3.05) is 6.61 Å². The molecule has 230 valence electrons. The van der Waals surface area contributed by atoms with Crippen LogP contribution in [0.25, 0.3) is 0 Å². The van der Waals surface area contributed by atoms with Crippen molar-refractivity contribution in [1.82, 2.24) is 0 Å². The fourth-order valence-electron chi connectivity index (χ4n) is 8.58. The maximum Gasteiger partial charge on any atom is 0.338 e. The number of Topliss-reactive ketones (excluding diaryl/α,β-unsaturated/α-hetero) is 1. The van der Waals surface area contributed by atoms with Gasteiger partial charge >= 0.3 is 17.9 Å². The number of fused-ring (bicyclic) bond motifs is 5. The molecule has 11 nitrogen and oxygen atoms in total. The lowest BCUT2D eigenvalue weighted by molar-refractivity contribution is -0.374. The normalized spacial score (nSPS) is 43.8. The molecule has 4 aliphatic rings. The molecule has 11 unspecified atom stereocenters. The van der Waals surface area contributed by atoms with Gasteiger partial charge in [0.05, 0.1) is 30.3 Å². The van der Waals surface area contributed by atoms with Crippen LogP contribution in [0.4, 0.5) is 0 Å². The Bertz CT molecular complexity index is 1280. The van der Waals surface area contributed by atoms with Crippen LogP contribution in [0.15, 0.2) is 30.3 Å². The number of rotatable bonds is 4. The first-order chi connectivity index (χ1) is 19.5. The molecular weight excluding hydrogens is 548 g/mol. The second kappa shape index (κ2) is 10.1. The van der Waals surface area contributed by atoms with Gasteiger partial charge in [0.1, 0.15) is 29.7 Å². The Hall–Kier alpha value is -2.86. The van der Waals surface area contributed by atoms with Gasteiger partial charge in [-0.1, -0.05) is 45.9 Å². The molecule has 1 aliphatic heterocycles. The summed E-state index contributed by atoms with van der Waals surface area (Å²) in [6.07, 6.45) is -7.20. The molecule has 0 spiro atoms. The molecule has 42 heavy (non-hydrogen) atoms. The molecule has 1 saturated heterocycles. The van der Waals surface area contributed by atoms with E-state index in [-0.39, 0.29) is 24.4 Å². The third-order valence-corrected chi connectivity index (χ3v) is 10.8. The van der Waals surface area contributed by atoms with Crippen molar-refractivity contribution in [3.63, 3.8) is 0 Å². The molecule has 1 heterocycles. The van der Waals surface area contributed by atoms with Crippen molar-refractivity contribution in [2.24, 2.45) is 28.6 Å². The maximum atomic E-state index is 13.7. The molecule has 0 amide bonds. The van der Waals surface area contributed by atoms with Crippen LogP contribution in [0.1, 0.15) is 64.7 Å². The van der Waals surface area contributed by atoms with Gasteiger partial charge in [-0.05, 0) is 12.1 Å². The van der Waals surface area contributed by atoms with E-state index in [1.165, 1.54) is 26.0 Å². The third-order valence-electron chi connectivity index (χ3n) is 10.8. The number of benzene rings is 1. The second-order valence-corrected chi connectivity index (χ2v) is 13.3. The Morgan fingerprint density at radius 1 is 1.00 bits per heavy atom. The lowest BCUT2D eigenvalue weighted by Gasteiger charge is -2.69. The van der Waals surface area contributed by atoms with Crippen molar-refractivity contribution in [1.29, 1.82) is 0 Å². The molecule has 0 aromatic heterocycles. The summed E-state index contributed by atoms with van der Waals surface area (Å²) in [5.41, 5.74) is -6.44. The van der Waals surface area contributed by atoms with Crippen LogP contribution in [-0.4, -0.2) is 87.3 Å². The summed E-state index contributed by atoms with van der Waals surface area (Å²) in [6, 6.07) is 8.09. The first kappa shape index (κ1) is 30.6. The van der Waals surface area contributed by atoms with Crippen LogP contribution in [-0.2, 0) is 33.3 Å². The summed E-state index contributed by atoms with van der Waals surface area (Å²) in [5, 5.41) is 36.8. The van der Waals surface area contributed by atoms with Gasteiger partial charge < -0.3 is 34.3 Å². The average Bonchev–Trinajstić information content (AvgIpc) is 2.90. The van der Waals surface area contributed by atoms with E-state index in [9.17, 15) is 34.5 Å². The molecule has 4 fully saturated rings. The fourth-order valence-corrected chi connectivity index (χ4v) is 8.58. The molecule has 2 bridgehead atoms. The topological polar surface area (TPSA) is 166 Å². The highest BCUT2D eigenvalue weighted by molar-refractivity contribution is 5.90. The van der Waals surface area contributed by atoms with Crippen molar-refractivity contribution in [3.05, 3.63) is 35.9 Å². The number of aliphatic hydroxyl groups excluding tert-OH is 2. The third kappa shape index (κ3) is 4.15. The van der Waals surface area contributed by atoms with Gasteiger partial charge in [0, 0.05) is 49.4 Å². The lowest BCUT2D eigenvalue weighted by Crippen LogP contribution is -2.83. The number of aliphatic hydroxyl groups is 3. The summed E-state index contributed by atoms with van der Waals surface area (Å²) in [5.74, 6) is -5.57. The van der Waals surface area contributed by atoms with Crippen LogP contribution in [0.2, 0.25) is 0 Å². The van der Waals surface area contributed by atoms with Crippen molar-refractivity contribution in [2.45, 2.75) is 96.1 Å². The number of ether oxygens (including phenoxy) is 4. The van der Waals surface area contributed by atoms with E-state index in [4.69, 9.17) is 18.9 Å². The van der Waals surface area contributed by atoms with Gasteiger partial charge in [0.25, 0.3) is 0 Å². The second-order valence-electron chi connectivity index (χ2n) is 13.3. The Morgan fingerprint density at radius 3 is 2.19 bits per heavy atom. The quantitative estimate of drug-likeness (QED) is 0.345. The van der Waals surface area contributed by atoms with E-state index in [0.29, 0.717) is 0 Å². The van der Waals surface area contributed by atoms with E-state index in [1.54, 1.807) is 45.9 Å². The van der Waals surface area contributed by atoms with Crippen LogP contribution in [0.5, 0.6) is 0 Å². The van der Waals surface area contributed by atoms with E-state index in [1.807, 2.05) is 0 Å². The van der Waals surface area contributed by atoms with Gasteiger partial charge in [-0.3, -0.25) is 14.4 Å². The average molecular weight is 589 g/mol. The molecule has 1 aromatic carbocycles. The molecular formula is C31H40O11. The number of esters is 3. The zero-order valence-electron chi connectivity index (χ0n) is 24.7. The van der Waals surface area contributed by atoms with Crippen LogP contribution in [0, 0.1) is 28.6 Å². The minimum Gasteiger partial charge on any atom is -0.462 e. The summed E-state index contributed by atoms with van der Waals surface area (Å²) < 4.78 is 23.8. The van der Waals surface area contributed by atoms with Gasteiger partial charge in [-0.25, -0.2) is 4.79 Å². The van der Waals surface area contributed by atoms with Crippen LogP contribution >= 0.6 is 0 Å². The largest absolute Gasteiger partial charge is 0.462 e. The molecule has 11 atom stereocenters. The predicted molar refractivity (Wildman–Crippen MR) is 145 cm³/mol. The molecule has 3 saturated carbocycles. The zero-order chi connectivity index (χ0) is 31.0. The van der Waals surface area contributed by atoms with E-state index < -0.39 is 94.6 Å². The van der Waals surface area contributed by atoms with E-state index in [2.05, 4.69) is 0 Å². The molecule has 0 radical (unpaired) electrons. The van der Waals surface area contributed by atoms with Gasteiger partial charge in [0.15, 0.2) is 5.60 Å². The Balaban J connectivity index is 1.81. The first-order valence-corrected chi connectivity index (χ1v) is 14.4. The summed E-state index contributed by atoms with van der Waals surface area (Å²) >= 11 is 0. The number of ketones is 1. The fraction of sp³-hybridized carbons (Fsp3) is 0.677. The minimum atomic E-state index is -2.11. The molecule has 3 N–H and O–H groups in total. The monoisotopic (exact) mass is 588 g/mol. The smallest absolute Gasteiger partial charge is 0.338 e. The standard InChI is InChI=1S/C31H40O11/c1-15-19(34)13-31(38)26(41-27(37)18-10-8-7-9-11-18)24-29(6,25(36)23(35)22(15)28(31,4)5)20(40-16(2)32)12-21-30(24,14-39-21)42-17(3)33/h7-11,15,20-26,35-36,38H,12-14H2,1-6H3. The van der Waals surface area contributed by atoms with Crippen molar-refractivity contribution in [3.8, 4) is 0 Å². The van der Waals surface area contributed by atoms with E-state index in [0.717, 1.165) is 0 Å². The lowest BCUT2D eigenvalue weighted by atomic mass is 9.42. The number of hydrogen-bond acceptors (Lipinski definition) is 11. The van der Waals surface area contributed by atoms with Gasteiger partial charge in [0.2, 0.25) is 0 Å². The Kier molecular flexibility index (Phi) is 7.36. The SMILES string of the molecule is CC(=O)OC1CC2OCC2(OC(C)=O)C2C(OC(=O)c3ccccc3)C3(O)CC(=O)C(C)C(C(O)C(O)C12C)C3(C)C. The molecule has 1 aromatic rings. The highest BCUT2D eigenvalue weighted by Gasteiger charge is 2.79. The molecule has 5 rings (SSSR count). The predicted octanol–water partition coefficient (Wildman–Crippen LogP) is 1.59. The van der Waals surface area contributed by atoms with Crippen LogP contribution in [0.3, 0.4) is 0 Å². The minimum absolute atomic E-state index is 0.00393. The highest BCUT2D eigenvalue weighted by Crippen LogP contribution is 2.65. The number of hydrogen-bond donors (Lipinski definition) is 3. The van der Waals surface area contributed by atoms with Gasteiger partial charge in [-0.2, -0.15) is 0 Å². The zero-order valence-corrected chi connectivity index (χ0v) is 24.7. The Labute approximate surface area is 244 Å².